The van der Waals surface area contributed by atoms with Gasteiger partial charge in [-0.2, -0.15) is 5.26 Å². The molecule has 0 atom stereocenters. The van der Waals surface area contributed by atoms with Crippen molar-refractivity contribution in [1.82, 2.24) is 4.98 Å². The molecule has 0 aliphatic rings. The molecule has 0 bridgehead atoms. The molecule has 0 fully saturated rings. The molecule has 0 amide bonds. The number of hydrogen-bond donors (Lipinski definition) is 0. The van der Waals surface area contributed by atoms with Crippen LogP contribution in [-0.2, 0) is 16.0 Å². The van der Waals surface area contributed by atoms with Gasteiger partial charge in [-0.25, -0.2) is 4.98 Å². The first-order valence-electron chi connectivity index (χ1n) is 4.11. The molecule has 1 aromatic heterocycles. The van der Waals surface area contributed by atoms with E-state index in [9.17, 15) is 4.79 Å². The summed E-state index contributed by atoms with van der Waals surface area (Å²) in [6.07, 6.45) is 0.195. The molecule has 14 heavy (non-hydrogen) atoms. The van der Waals surface area contributed by atoms with Gasteiger partial charge in [0.15, 0.2) is 0 Å². The number of aromatic nitrogens is 1. The van der Waals surface area contributed by atoms with E-state index in [0.29, 0.717) is 11.4 Å². The van der Waals surface area contributed by atoms with Crippen LogP contribution in [0.15, 0.2) is 12.1 Å². The average molecular weight is 190 g/mol. The molecular formula is C10H10N2O2. The maximum absolute atomic E-state index is 11.0. The van der Waals surface area contributed by atoms with Gasteiger partial charge in [0.05, 0.1) is 13.5 Å². The van der Waals surface area contributed by atoms with Crippen molar-refractivity contribution >= 4 is 5.97 Å². The monoisotopic (exact) mass is 190 g/mol. The van der Waals surface area contributed by atoms with Gasteiger partial charge < -0.3 is 4.74 Å². The fraction of sp³-hybridized carbons (Fsp3) is 0.300. The standard InChI is InChI=1S/C10H10N2O2/c1-7-8(5-10(13)14-2)3-4-9(6-11)12-7/h3-4H,5H2,1-2H3. The van der Waals surface area contributed by atoms with Crippen molar-refractivity contribution in [2.45, 2.75) is 13.3 Å². The van der Waals surface area contributed by atoms with E-state index in [0.717, 1.165) is 5.56 Å². The summed E-state index contributed by atoms with van der Waals surface area (Å²) in [6, 6.07) is 5.24. The zero-order chi connectivity index (χ0) is 10.6. The number of methoxy groups -OCH3 is 1. The number of nitriles is 1. The first-order chi connectivity index (χ1) is 6.67. The number of esters is 1. The molecule has 0 aromatic carbocycles. The minimum absolute atomic E-state index is 0.195. The molecule has 0 spiro atoms. The van der Waals surface area contributed by atoms with Gasteiger partial charge in [-0.3, -0.25) is 4.79 Å². The summed E-state index contributed by atoms with van der Waals surface area (Å²) in [5.41, 5.74) is 1.83. The molecule has 1 rings (SSSR count). The van der Waals surface area contributed by atoms with Gasteiger partial charge in [-0.05, 0) is 18.6 Å². The Bertz CT molecular complexity index is 394. The van der Waals surface area contributed by atoms with E-state index < -0.39 is 0 Å². The van der Waals surface area contributed by atoms with Crippen LogP contribution in [0.25, 0.3) is 0 Å². The number of pyridine rings is 1. The van der Waals surface area contributed by atoms with Crippen molar-refractivity contribution in [2.24, 2.45) is 0 Å². The van der Waals surface area contributed by atoms with Crippen LogP contribution in [0, 0.1) is 18.3 Å². The molecule has 4 heteroatoms. The van der Waals surface area contributed by atoms with Crippen molar-refractivity contribution < 1.29 is 9.53 Å². The highest BCUT2D eigenvalue weighted by molar-refractivity contribution is 5.72. The van der Waals surface area contributed by atoms with E-state index in [4.69, 9.17) is 5.26 Å². The Morgan fingerprint density at radius 1 is 1.64 bits per heavy atom. The largest absolute Gasteiger partial charge is 0.469 e. The first kappa shape index (κ1) is 10.2. The Balaban J connectivity index is 2.90. The summed E-state index contributed by atoms with van der Waals surface area (Å²) < 4.78 is 4.53. The lowest BCUT2D eigenvalue weighted by Gasteiger charge is -2.03. The van der Waals surface area contributed by atoms with Gasteiger partial charge in [0.25, 0.3) is 0 Å². The van der Waals surface area contributed by atoms with E-state index in [1.54, 1.807) is 19.1 Å². The van der Waals surface area contributed by atoms with E-state index in [2.05, 4.69) is 9.72 Å². The van der Waals surface area contributed by atoms with Crippen LogP contribution in [0.3, 0.4) is 0 Å². The van der Waals surface area contributed by atoms with Gasteiger partial charge in [0, 0.05) is 5.69 Å². The summed E-state index contributed by atoms with van der Waals surface area (Å²) in [5, 5.41) is 8.58. The maximum atomic E-state index is 11.0. The Kier molecular flexibility index (Phi) is 3.19. The molecule has 1 aromatic rings. The predicted molar refractivity (Wildman–Crippen MR) is 49.4 cm³/mol. The Morgan fingerprint density at radius 3 is 2.86 bits per heavy atom. The maximum Gasteiger partial charge on any atom is 0.310 e. The predicted octanol–water partition coefficient (Wildman–Crippen LogP) is 0.977. The van der Waals surface area contributed by atoms with Crippen molar-refractivity contribution in [3.8, 4) is 6.07 Å². The Hall–Kier alpha value is -1.89. The second-order valence-corrected chi connectivity index (χ2v) is 2.81. The van der Waals surface area contributed by atoms with Crippen LogP contribution in [0.5, 0.6) is 0 Å². The fourth-order valence-corrected chi connectivity index (χ4v) is 1.07. The Morgan fingerprint density at radius 2 is 2.36 bits per heavy atom. The number of hydrogen-bond acceptors (Lipinski definition) is 4. The number of rotatable bonds is 2. The van der Waals surface area contributed by atoms with Gasteiger partial charge in [0.2, 0.25) is 0 Å². The van der Waals surface area contributed by atoms with Gasteiger partial charge >= 0.3 is 5.97 Å². The second-order valence-electron chi connectivity index (χ2n) is 2.81. The summed E-state index contributed by atoms with van der Waals surface area (Å²) in [6.45, 7) is 1.76. The fourth-order valence-electron chi connectivity index (χ4n) is 1.07. The van der Waals surface area contributed by atoms with Crippen molar-refractivity contribution in [3.63, 3.8) is 0 Å². The third kappa shape index (κ3) is 2.30. The quantitative estimate of drug-likeness (QED) is 0.652. The summed E-state index contributed by atoms with van der Waals surface area (Å²) >= 11 is 0. The smallest absolute Gasteiger partial charge is 0.310 e. The molecule has 0 unspecified atom stereocenters. The lowest BCUT2D eigenvalue weighted by atomic mass is 10.1. The van der Waals surface area contributed by atoms with Gasteiger partial charge in [0.1, 0.15) is 11.8 Å². The highest BCUT2D eigenvalue weighted by atomic mass is 16.5. The molecule has 0 saturated carbocycles. The highest BCUT2D eigenvalue weighted by Crippen LogP contribution is 2.07. The molecule has 0 radical (unpaired) electrons. The van der Waals surface area contributed by atoms with Crippen LogP contribution in [-0.4, -0.2) is 18.1 Å². The number of carbonyl (C=O) groups is 1. The van der Waals surface area contributed by atoms with Crippen LogP contribution in [0.4, 0.5) is 0 Å². The summed E-state index contributed by atoms with van der Waals surface area (Å²) in [7, 11) is 1.34. The minimum Gasteiger partial charge on any atom is -0.469 e. The molecule has 1 heterocycles. The summed E-state index contributed by atoms with van der Waals surface area (Å²) in [5.74, 6) is -0.306. The molecular weight excluding hydrogens is 180 g/mol. The minimum atomic E-state index is -0.306. The van der Waals surface area contributed by atoms with E-state index in [-0.39, 0.29) is 12.4 Å². The third-order valence-electron chi connectivity index (χ3n) is 1.87. The van der Waals surface area contributed by atoms with Crippen LogP contribution in [0.1, 0.15) is 17.0 Å². The molecule has 0 aliphatic carbocycles. The van der Waals surface area contributed by atoms with E-state index in [1.807, 2.05) is 6.07 Å². The number of ether oxygens (including phenoxy) is 1. The third-order valence-corrected chi connectivity index (χ3v) is 1.87. The zero-order valence-electron chi connectivity index (χ0n) is 8.07. The number of carbonyl (C=O) groups excluding carboxylic acids is 1. The SMILES string of the molecule is COC(=O)Cc1ccc(C#N)nc1C. The summed E-state index contributed by atoms with van der Waals surface area (Å²) in [4.78, 5) is 15.0. The van der Waals surface area contributed by atoms with Crippen molar-refractivity contribution in [3.05, 3.63) is 29.1 Å². The normalized spacial score (nSPS) is 9.21. The second kappa shape index (κ2) is 4.38. The Labute approximate surface area is 82.1 Å². The molecule has 4 nitrogen and oxygen atoms in total. The molecule has 72 valence electrons. The van der Waals surface area contributed by atoms with Crippen LogP contribution >= 0.6 is 0 Å². The lowest BCUT2D eigenvalue weighted by molar-refractivity contribution is -0.139. The van der Waals surface area contributed by atoms with Crippen LogP contribution < -0.4 is 0 Å². The van der Waals surface area contributed by atoms with Crippen LogP contribution in [0.2, 0.25) is 0 Å². The average Bonchev–Trinajstić information content (AvgIpc) is 2.20. The van der Waals surface area contributed by atoms with Crippen molar-refractivity contribution in [1.29, 1.82) is 5.26 Å². The van der Waals surface area contributed by atoms with E-state index >= 15 is 0 Å². The van der Waals surface area contributed by atoms with Crippen molar-refractivity contribution in [2.75, 3.05) is 7.11 Å². The molecule has 0 saturated heterocycles. The van der Waals surface area contributed by atoms with Gasteiger partial charge in [-0.1, -0.05) is 6.07 Å². The van der Waals surface area contributed by atoms with E-state index in [1.165, 1.54) is 7.11 Å². The number of nitrogens with zero attached hydrogens (tertiary/aromatic N) is 2. The molecule has 0 aliphatic heterocycles. The number of aryl methyl sites for hydroxylation is 1. The lowest BCUT2D eigenvalue weighted by Crippen LogP contribution is -2.06. The van der Waals surface area contributed by atoms with Gasteiger partial charge in [-0.15, -0.1) is 0 Å². The first-order valence-corrected chi connectivity index (χ1v) is 4.11. The topological polar surface area (TPSA) is 63.0 Å². The highest BCUT2D eigenvalue weighted by Gasteiger charge is 2.06. The zero-order valence-corrected chi connectivity index (χ0v) is 8.07. The molecule has 0 N–H and O–H groups in total.